The van der Waals surface area contributed by atoms with Gasteiger partial charge in [-0.2, -0.15) is 0 Å². The Bertz CT molecular complexity index is 1170. The van der Waals surface area contributed by atoms with Crippen molar-refractivity contribution >= 4 is 18.1 Å². The molecule has 2 aromatic heterocycles. The summed E-state index contributed by atoms with van der Waals surface area (Å²) in [6, 6.07) is 11.7. The first-order chi connectivity index (χ1) is 16.9. The van der Waals surface area contributed by atoms with Gasteiger partial charge in [-0.25, -0.2) is 4.68 Å². The topological polar surface area (TPSA) is 80.5 Å². The van der Waals surface area contributed by atoms with E-state index in [4.69, 9.17) is 22.1 Å². The van der Waals surface area contributed by atoms with Crippen LogP contribution in [0.15, 0.2) is 48.8 Å². The molecule has 1 aliphatic heterocycles. The summed E-state index contributed by atoms with van der Waals surface area (Å²) >= 11 is 5.88. The van der Waals surface area contributed by atoms with Crippen LogP contribution in [0, 0.1) is 10.7 Å². The van der Waals surface area contributed by atoms with Gasteiger partial charge in [0.1, 0.15) is 5.75 Å². The summed E-state index contributed by atoms with van der Waals surface area (Å²) < 4.78 is 9.80. The summed E-state index contributed by atoms with van der Waals surface area (Å²) in [7, 11) is 1.65. The van der Waals surface area contributed by atoms with Gasteiger partial charge >= 0.3 is 0 Å². The van der Waals surface area contributed by atoms with Crippen molar-refractivity contribution in [2.75, 3.05) is 46.4 Å². The van der Waals surface area contributed by atoms with E-state index in [1.54, 1.807) is 19.5 Å². The average Bonchev–Trinajstić information content (AvgIpc) is 3.20. The van der Waals surface area contributed by atoms with E-state index in [2.05, 4.69) is 33.9 Å². The van der Waals surface area contributed by atoms with Crippen molar-refractivity contribution in [3.8, 4) is 22.8 Å². The number of methoxy groups -OCH3 is 1. The van der Waals surface area contributed by atoms with Crippen molar-refractivity contribution in [3.05, 3.63) is 53.6 Å². The Balaban J connectivity index is 1.48. The van der Waals surface area contributed by atoms with E-state index in [0.717, 1.165) is 49.0 Å². The maximum Gasteiger partial charge on any atom is 0.234 e. The Morgan fingerprint density at radius 3 is 2.34 bits per heavy atom. The second-order valence-electron chi connectivity index (χ2n) is 9.11. The smallest absolute Gasteiger partial charge is 0.234 e. The molecule has 1 saturated heterocycles. The molecule has 0 saturated carbocycles. The fourth-order valence-electron chi connectivity index (χ4n) is 4.01. The Kier molecular flexibility index (Phi) is 8.27. The number of piperazine rings is 1. The molecule has 1 fully saturated rings. The van der Waals surface area contributed by atoms with Gasteiger partial charge in [0.25, 0.3) is 0 Å². The zero-order chi connectivity index (χ0) is 24.8. The Hall–Kier alpha value is -3.08. The molecule has 1 N–H and O–H groups in total. The number of carbonyl (C=O) groups is 1. The van der Waals surface area contributed by atoms with Crippen molar-refractivity contribution in [3.63, 3.8) is 0 Å². The molecule has 3 heterocycles. The zero-order valence-electron chi connectivity index (χ0n) is 20.6. The molecular formula is C25H33N7O2S. The number of benzene rings is 1. The molecular weight excluding hydrogens is 462 g/mol. The predicted molar refractivity (Wildman–Crippen MR) is 138 cm³/mol. The van der Waals surface area contributed by atoms with E-state index in [9.17, 15) is 4.79 Å². The number of nitrogens with zero attached hydrogens (tertiary/aromatic N) is 6. The fourth-order valence-corrected chi connectivity index (χ4v) is 4.30. The second kappa shape index (κ2) is 11.6. The maximum absolute atomic E-state index is 12.2. The minimum absolute atomic E-state index is 0.0922. The lowest BCUT2D eigenvalue weighted by atomic mass is 10.2. The molecule has 35 heavy (non-hydrogen) atoms. The van der Waals surface area contributed by atoms with Crippen LogP contribution in [-0.2, 0) is 11.5 Å². The molecule has 4 rings (SSSR count). The third-order valence-corrected chi connectivity index (χ3v) is 6.38. The molecule has 0 atom stereocenters. The number of ether oxygens (including phenoxy) is 1. The second-order valence-corrected chi connectivity index (χ2v) is 9.47. The quantitative estimate of drug-likeness (QED) is 0.457. The van der Waals surface area contributed by atoms with Gasteiger partial charge < -0.3 is 10.1 Å². The van der Waals surface area contributed by atoms with E-state index < -0.39 is 0 Å². The van der Waals surface area contributed by atoms with Crippen molar-refractivity contribution in [2.24, 2.45) is 5.92 Å². The minimum Gasteiger partial charge on any atom is -0.497 e. The number of aromatic nitrogens is 4. The number of nitrogens with one attached hydrogen (secondary N) is 1. The van der Waals surface area contributed by atoms with Crippen molar-refractivity contribution in [2.45, 2.75) is 20.5 Å². The molecule has 10 heteroatoms. The maximum atomic E-state index is 12.2. The Morgan fingerprint density at radius 2 is 1.71 bits per heavy atom. The highest BCUT2D eigenvalue weighted by Crippen LogP contribution is 2.24. The number of carbonyl (C=O) groups excluding carboxylic acids is 1. The molecule has 0 radical (unpaired) electrons. The van der Waals surface area contributed by atoms with Crippen LogP contribution in [-0.4, -0.2) is 81.4 Å². The lowest BCUT2D eigenvalue weighted by molar-refractivity contribution is -0.122. The van der Waals surface area contributed by atoms with Crippen molar-refractivity contribution < 1.29 is 9.53 Å². The van der Waals surface area contributed by atoms with Crippen LogP contribution in [0.4, 0.5) is 0 Å². The lowest BCUT2D eigenvalue weighted by Crippen LogP contribution is -2.50. The molecule has 186 valence electrons. The standard InChI is InChI=1S/C25H33N7O2S/c1-19(2)16-27-23(33)17-29-12-14-30(15-13-29)18-31-25(35)32(21-4-6-22(34-3)7-5-21)24(28-31)20-8-10-26-11-9-20/h4-11,19H,12-18H2,1-3H3,(H,27,33). The molecule has 1 amide bonds. The molecule has 0 unspecified atom stereocenters. The highest BCUT2D eigenvalue weighted by molar-refractivity contribution is 7.71. The van der Waals surface area contributed by atoms with Gasteiger partial charge in [-0.3, -0.25) is 24.1 Å². The van der Waals surface area contributed by atoms with E-state index in [0.29, 0.717) is 30.4 Å². The summed E-state index contributed by atoms with van der Waals surface area (Å²) in [6.07, 6.45) is 3.51. The van der Waals surface area contributed by atoms with Crippen LogP contribution in [0.2, 0.25) is 0 Å². The van der Waals surface area contributed by atoms with Crippen LogP contribution in [0.3, 0.4) is 0 Å². The predicted octanol–water partition coefficient (Wildman–Crippen LogP) is 2.82. The van der Waals surface area contributed by atoms with E-state index in [1.807, 2.05) is 45.6 Å². The third-order valence-electron chi connectivity index (χ3n) is 5.98. The first-order valence-corrected chi connectivity index (χ1v) is 12.3. The van der Waals surface area contributed by atoms with Gasteiger partial charge in [0.2, 0.25) is 10.7 Å². The Morgan fingerprint density at radius 1 is 1.06 bits per heavy atom. The fraction of sp³-hybridized carbons (Fsp3) is 0.440. The van der Waals surface area contributed by atoms with Crippen LogP contribution in [0.1, 0.15) is 13.8 Å². The van der Waals surface area contributed by atoms with Crippen LogP contribution in [0.25, 0.3) is 17.1 Å². The Labute approximate surface area is 211 Å². The summed E-state index contributed by atoms with van der Waals surface area (Å²) in [4.78, 5) is 20.8. The zero-order valence-corrected chi connectivity index (χ0v) is 21.4. The number of pyridine rings is 1. The van der Waals surface area contributed by atoms with Gasteiger partial charge in [-0.1, -0.05) is 13.8 Å². The van der Waals surface area contributed by atoms with Crippen LogP contribution in [0.5, 0.6) is 5.75 Å². The molecule has 9 nitrogen and oxygen atoms in total. The number of hydrogen-bond donors (Lipinski definition) is 1. The van der Waals surface area contributed by atoms with E-state index in [-0.39, 0.29) is 5.91 Å². The lowest BCUT2D eigenvalue weighted by Gasteiger charge is -2.34. The summed E-state index contributed by atoms with van der Waals surface area (Å²) in [5, 5.41) is 7.90. The highest BCUT2D eigenvalue weighted by atomic mass is 32.1. The molecule has 3 aromatic rings. The molecule has 1 aromatic carbocycles. The first kappa shape index (κ1) is 25.0. The van der Waals surface area contributed by atoms with E-state index >= 15 is 0 Å². The summed E-state index contributed by atoms with van der Waals surface area (Å²) in [6.45, 7) is 9.30. The monoisotopic (exact) mass is 495 g/mol. The average molecular weight is 496 g/mol. The number of rotatable bonds is 9. The third kappa shape index (κ3) is 6.33. The van der Waals surface area contributed by atoms with Gasteiger partial charge in [0.15, 0.2) is 5.82 Å². The number of amides is 1. The molecule has 0 spiro atoms. The highest BCUT2D eigenvalue weighted by Gasteiger charge is 2.21. The minimum atomic E-state index is 0.0922. The van der Waals surface area contributed by atoms with Gasteiger partial charge in [-0.05, 0) is 54.5 Å². The van der Waals surface area contributed by atoms with E-state index in [1.165, 1.54) is 0 Å². The largest absolute Gasteiger partial charge is 0.497 e. The summed E-state index contributed by atoms with van der Waals surface area (Å²) in [5.74, 6) is 2.10. The van der Waals surface area contributed by atoms with Crippen LogP contribution < -0.4 is 10.1 Å². The molecule has 0 aliphatic carbocycles. The first-order valence-electron chi connectivity index (χ1n) is 11.9. The van der Waals surface area contributed by atoms with Gasteiger partial charge in [0, 0.05) is 50.7 Å². The van der Waals surface area contributed by atoms with Crippen LogP contribution >= 0.6 is 12.2 Å². The summed E-state index contributed by atoms with van der Waals surface area (Å²) in [5.41, 5.74) is 1.86. The normalized spacial score (nSPS) is 14.9. The van der Waals surface area contributed by atoms with Crippen molar-refractivity contribution in [1.29, 1.82) is 0 Å². The number of hydrogen-bond acceptors (Lipinski definition) is 7. The SMILES string of the molecule is COc1ccc(-n2c(-c3ccncc3)nn(CN3CCN(CC(=O)NCC(C)C)CC3)c2=S)cc1. The van der Waals surface area contributed by atoms with Gasteiger partial charge in [-0.15, -0.1) is 5.10 Å². The molecule has 0 bridgehead atoms. The van der Waals surface area contributed by atoms with Crippen molar-refractivity contribution in [1.82, 2.24) is 34.4 Å². The molecule has 1 aliphatic rings. The van der Waals surface area contributed by atoms with Gasteiger partial charge in [0.05, 0.1) is 26.0 Å².